The number of rotatable bonds is 6. The van der Waals surface area contributed by atoms with E-state index >= 15 is 0 Å². The second kappa shape index (κ2) is 7.81. The van der Waals surface area contributed by atoms with E-state index in [0.29, 0.717) is 0 Å². The zero-order chi connectivity index (χ0) is 15.8. The van der Waals surface area contributed by atoms with Crippen LogP contribution < -0.4 is 10.6 Å². The van der Waals surface area contributed by atoms with Crippen LogP contribution in [-0.4, -0.2) is 36.9 Å². The Morgan fingerprint density at radius 3 is 2.76 bits per heavy atom. The molecule has 0 saturated carbocycles. The number of nitrogens with one attached hydrogen (secondary N) is 2. The Kier molecular flexibility index (Phi) is 6.10. The van der Waals surface area contributed by atoms with Crippen molar-refractivity contribution in [1.82, 2.24) is 5.32 Å². The van der Waals surface area contributed by atoms with Crippen LogP contribution in [0.3, 0.4) is 0 Å². The number of aliphatic carboxylic acids is 1. The first kappa shape index (κ1) is 16.4. The van der Waals surface area contributed by atoms with E-state index < -0.39 is 23.9 Å². The van der Waals surface area contributed by atoms with Crippen molar-refractivity contribution >= 4 is 17.7 Å². The van der Waals surface area contributed by atoms with Gasteiger partial charge in [-0.1, -0.05) is 0 Å². The van der Waals surface area contributed by atoms with Crippen molar-refractivity contribution in [1.29, 1.82) is 5.26 Å². The minimum atomic E-state index is -1.22. The van der Waals surface area contributed by atoms with Gasteiger partial charge in [0.15, 0.2) is 0 Å². The smallest absolute Gasteiger partial charge is 0.326 e. The summed E-state index contributed by atoms with van der Waals surface area (Å²) in [4.78, 5) is 22.6. The second-order valence-electron chi connectivity index (χ2n) is 4.08. The maximum Gasteiger partial charge on any atom is 0.326 e. The maximum atomic E-state index is 13.6. The Morgan fingerprint density at radius 2 is 2.24 bits per heavy atom. The normalized spacial score (nSPS) is 11.3. The lowest BCUT2D eigenvalue weighted by Crippen LogP contribution is -2.43. The second-order valence-corrected chi connectivity index (χ2v) is 4.08. The number of hydrogen-bond donors (Lipinski definition) is 3. The summed E-state index contributed by atoms with van der Waals surface area (Å²) in [7, 11) is 1.41. The molecule has 0 bridgehead atoms. The number of hydrogen-bond acceptors (Lipinski definition) is 4. The van der Waals surface area contributed by atoms with Crippen LogP contribution in [0.4, 0.5) is 14.9 Å². The molecule has 112 valence electrons. The highest BCUT2D eigenvalue weighted by Gasteiger charge is 2.20. The number of carbonyl (C=O) groups excluding carboxylic acids is 1. The highest BCUT2D eigenvalue weighted by molar-refractivity contribution is 5.92. The molecule has 21 heavy (non-hydrogen) atoms. The molecule has 7 nitrogen and oxygen atoms in total. The topological polar surface area (TPSA) is 111 Å². The SMILES string of the molecule is COCCC(NC(=O)Nc1ccc(C#N)cc1F)C(=O)O. The number of amides is 2. The Hall–Kier alpha value is -2.66. The van der Waals surface area contributed by atoms with Crippen molar-refractivity contribution in [3.05, 3.63) is 29.6 Å². The predicted octanol–water partition coefficient (Wildman–Crippen LogP) is 1.31. The molecule has 0 aliphatic heterocycles. The monoisotopic (exact) mass is 295 g/mol. The lowest BCUT2D eigenvalue weighted by atomic mass is 10.2. The first-order valence-corrected chi connectivity index (χ1v) is 5.96. The van der Waals surface area contributed by atoms with Crippen LogP contribution in [0.1, 0.15) is 12.0 Å². The van der Waals surface area contributed by atoms with Crippen molar-refractivity contribution in [2.45, 2.75) is 12.5 Å². The summed E-state index contributed by atoms with van der Waals surface area (Å²) in [6.45, 7) is 0.155. The molecule has 0 radical (unpaired) electrons. The summed E-state index contributed by atoms with van der Waals surface area (Å²) >= 11 is 0. The van der Waals surface area contributed by atoms with Gasteiger partial charge in [-0.15, -0.1) is 0 Å². The summed E-state index contributed by atoms with van der Waals surface area (Å²) in [6.07, 6.45) is 0.0785. The Bertz CT molecular complexity index is 571. The van der Waals surface area contributed by atoms with E-state index in [1.165, 1.54) is 19.2 Å². The van der Waals surface area contributed by atoms with Gasteiger partial charge >= 0.3 is 12.0 Å². The van der Waals surface area contributed by atoms with Crippen molar-refractivity contribution in [3.63, 3.8) is 0 Å². The molecule has 3 N–H and O–H groups in total. The van der Waals surface area contributed by atoms with Gasteiger partial charge in [0.05, 0.1) is 17.3 Å². The van der Waals surface area contributed by atoms with Crippen LogP contribution >= 0.6 is 0 Å². The highest BCUT2D eigenvalue weighted by atomic mass is 19.1. The molecule has 1 aromatic carbocycles. The van der Waals surface area contributed by atoms with Crippen molar-refractivity contribution in [2.75, 3.05) is 19.0 Å². The van der Waals surface area contributed by atoms with Crippen LogP contribution in [0.2, 0.25) is 0 Å². The third-order valence-corrected chi connectivity index (χ3v) is 2.56. The number of benzene rings is 1. The predicted molar refractivity (Wildman–Crippen MR) is 71.2 cm³/mol. The number of nitriles is 1. The summed E-state index contributed by atoms with van der Waals surface area (Å²) in [5.74, 6) is -2.00. The van der Waals surface area contributed by atoms with E-state index in [0.717, 1.165) is 6.07 Å². The number of carboxylic acids is 1. The lowest BCUT2D eigenvalue weighted by Gasteiger charge is -2.15. The molecule has 0 fully saturated rings. The Labute approximate surface area is 120 Å². The van der Waals surface area contributed by atoms with Crippen LogP contribution in [0.25, 0.3) is 0 Å². The van der Waals surface area contributed by atoms with Gasteiger partial charge in [0.1, 0.15) is 11.9 Å². The standard InChI is InChI=1S/C13H14FN3O4/c1-21-5-4-11(12(18)19)17-13(20)16-10-3-2-8(7-15)6-9(10)14/h2-3,6,11H,4-5H2,1H3,(H,18,19)(H2,16,17,20). The molecule has 1 atom stereocenters. The molecule has 1 aromatic rings. The fourth-order valence-electron chi connectivity index (χ4n) is 1.50. The lowest BCUT2D eigenvalue weighted by molar-refractivity contribution is -0.139. The van der Waals surface area contributed by atoms with Gasteiger partial charge in [-0.05, 0) is 18.2 Å². The van der Waals surface area contributed by atoms with Crippen LogP contribution in [0.15, 0.2) is 18.2 Å². The van der Waals surface area contributed by atoms with Gasteiger partial charge in [0.2, 0.25) is 0 Å². The number of carboxylic acid groups (broad SMARTS) is 1. The number of anilines is 1. The van der Waals surface area contributed by atoms with Crippen LogP contribution in [-0.2, 0) is 9.53 Å². The molecule has 1 unspecified atom stereocenters. The van der Waals surface area contributed by atoms with E-state index in [-0.39, 0.29) is 24.3 Å². The van der Waals surface area contributed by atoms with Crippen LogP contribution in [0.5, 0.6) is 0 Å². The zero-order valence-corrected chi connectivity index (χ0v) is 11.2. The largest absolute Gasteiger partial charge is 0.480 e. The highest BCUT2D eigenvalue weighted by Crippen LogP contribution is 2.15. The molecule has 0 aromatic heterocycles. The first-order valence-electron chi connectivity index (χ1n) is 5.96. The van der Waals surface area contributed by atoms with Gasteiger partial charge in [-0.25, -0.2) is 14.0 Å². The molecule has 1 rings (SSSR count). The van der Waals surface area contributed by atoms with E-state index in [4.69, 9.17) is 15.1 Å². The third-order valence-electron chi connectivity index (χ3n) is 2.56. The molecular formula is C13H14FN3O4. The molecular weight excluding hydrogens is 281 g/mol. The summed E-state index contributed by atoms with van der Waals surface area (Å²) in [6, 6.07) is 3.27. The summed E-state index contributed by atoms with van der Waals surface area (Å²) < 4.78 is 18.3. The average Bonchev–Trinajstić information content (AvgIpc) is 2.45. The molecule has 0 spiro atoms. The summed E-state index contributed by atoms with van der Waals surface area (Å²) in [5, 5.41) is 21.9. The van der Waals surface area contributed by atoms with E-state index in [1.54, 1.807) is 6.07 Å². The van der Waals surface area contributed by atoms with E-state index in [1.807, 2.05) is 0 Å². The van der Waals surface area contributed by atoms with Gasteiger partial charge in [-0.2, -0.15) is 5.26 Å². The molecule has 0 heterocycles. The maximum absolute atomic E-state index is 13.6. The van der Waals surface area contributed by atoms with Gasteiger partial charge in [-0.3, -0.25) is 0 Å². The van der Waals surface area contributed by atoms with Gasteiger partial charge in [0.25, 0.3) is 0 Å². The van der Waals surface area contributed by atoms with Crippen molar-refractivity contribution in [2.24, 2.45) is 0 Å². The molecule has 2 amide bonds. The first-order chi connectivity index (χ1) is 9.97. The molecule has 0 aliphatic rings. The van der Waals surface area contributed by atoms with Crippen molar-refractivity contribution in [3.8, 4) is 6.07 Å². The fourth-order valence-corrected chi connectivity index (χ4v) is 1.50. The van der Waals surface area contributed by atoms with Gasteiger partial charge < -0.3 is 20.5 Å². The Balaban J connectivity index is 2.68. The van der Waals surface area contributed by atoms with E-state index in [9.17, 15) is 14.0 Å². The van der Waals surface area contributed by atoms with E-state index in [2.05, 4.69) is 10.6 Å². The minimum absolute atomic E-state index is 0.0785. The number of urea groups is 1. The molecule has 0 aliphatic carbocycles. The number of nitrogens with zero attached hydrogens (tertiary/aromatic N) is 1. The summed E-state index contributed by atoms with van der Waals surface area (Å²) in [5.41, 5.74) is -0.0376. The third kappa shape index (κ3) is 5.08. The van der Waals surface area contributed by atoms with Crippen molar-refractivity contribution < 1.29 is 23.8 Å². The Morgan fingerprint density at radius 1 is 1.52 bits per heavy atom. The average molecular weight is 295 g/mol. The minimum Gasteiger partial charge on any atom is -0.480 e. The van der Waals surface area contributed by atoms with Crippen LogP contribution in [0, 0.1) is 17.1 Å². The van der Waals surface area contributed by atoms with Gasteiger partial charge in [0, 0.05) is 20.1 Å². The fraction of sp³-hybridized carbons (Fsp3) is 0.308. The quantitative estimate of drug-likeness (QED) is 0.732. The molecule has 0 saturated heterocycles. The number of methoxy groups -OCH3 is 1. The molecule has 8 heteroatoms. The number of carbonyl (C=O) groups is 2. The zero-order valence-electron chi connectivity index (χ0n) is 11.2. The number of ether oxygens (including phenoxy) is 1. The number of halogens is 1.